The van der Waals surface area contributed by atoms with Crippen LogP contribution in [0.5, 0.6) is 5.75 Å². The van der Waals surface area contributed by atoms with E-state index in [1.165, 1.54) is 0 Å². The zero-order valence-electron chi connectivity index (χ0n) is 12.8. The molecule has 122 valence electrons. The summed E-state index contributed by atoms with van der Waals surface area (Å²) < 4.78 is 10.6. The molecule has 0 atom stereocenters. The van der Waals surface area contributed by atoms with E-state index in [9.17, 15) is 4.79 Å². The molecule has 0 aliphatic carbocycles. The third kappa shape index (κ3) is 6.74. The largest absolute Gasteiger partial charge is 0.493 e. The lowest BCUT2D eigenvalue weighted by molar-refractivity contribution is 0.140. The third-order valence-corrected chi connectivity index (χ3v) is 3.49. The summed E-state index contributed by atoms with van der Waals surface area (Å²) in [6.07, 6.45) is 0.352. The highest BCUT2D eigenvalue weighted by Gasteiger charge is 2.02. The molecule has 0 heterocycles. The molecular weight excluding hydrogens is 358 g/mol. The summed E-state index contributed by atoms with van der Waals surface area (Å²) >= 11 is 3.32. The lowest BCUT2D eigenvalue weighted by Crippen LogP contribution is -2.26. The number of benzene rings is 2. The minimum Gasteiger partial charge on any atom is -0.493 e. The number of ether oxygens (including phenoxy) is 2. The Morgan fingerprint density at radius 2 is 1.74 bits per heavy atom. The molecule has 0 spiro atoms. The standard InChI is InChI=1S/C18H20BrNO3/c19-11-13-22-17-8-6-15(7-9-17)10-12-20-18(21)23-14-16-4-2-1-3-5-16/h1-9H,10-14H2,(H,20,21). The number of halogens is 1. The minimum absolute atomic E-state index is 0.284. The molecule has 0 unspecified atom stereocenters. The molecule has 1 N–H and O–H groups in total. The molecular formula is C18H20BrNO3. The van der Waals surface area contributed by atoms with Crippen LogP contribution in [0.3, 0.4) is 0 Å². The van der Waals surface area contributed by atoms with Crippen LogP contribution in [-0.2, 0) is 17.8 Å². The molecule has 0 radical (unpaired) electrons. The quantitative estimate of drug-likeness (QED) is 0.708. The summed E-state index contributed by atoms with van der Waals surface area (Å²) in [5, 5.41) is 3.56. The van der Waals surface area contributed by atoms with Gasteiger partial charge in [0.05, 0.1) is 6.61 Å². The molecule has 2 rings (SSSR count). The molecule has 0 fully saturated rings. The number of carbonyl (C=O) groups excluding carboxylic acids is 1. The Morgan fingerprint density at radius 3 is 2.43 bits per heavy atom. The Kier molecular flexibility index (Phi) is 7.46. The second-order valence-corrected chi connectivity index (χ2v) is 5.71. The normalized spacial score (nSPS) is 10.1. The molecule has 0 aliphatic rings. The summed E-state index contributed by atoms with van der Waals surface area (Å²) in [4.78, 5) is 11.6. The van der Waals surface area contributed by atoms with Crippen LogP contribution in [-0.4, -0.2) is 24.6 Å². The zero-order chi connectivity index (χ0) is 16.3. The zero-order valence-corrected chi connectivity index (χ0v) is 14.4. The smallest absolute Gasteiger partial charge is 0.407 e. The van der Waals surface area contributed by atoms with Crippen LogP contribution in [0.4, 0.5) is 4.79 Å². The number of amides is 1. The monoisotopic (exact) mass is 377 g/mol. The fraction of sp³-hybridized carbons (Fsp3) is 0.278. The van der Waals surface area contributed by atoms with E-state index in [0.29, 0.717) is 13.2 Å². The molecule has 0 aliphatic heterocycles. The number of hydrogen-bond donors (Lipinski definition) is 1. The van der Waals surface area contributed by atoms with E-state index in [2.05, 4.69) is 21.2 Å². The van der Waals surface area contributed by atoms with Gasteiger partial charge in [0.1, 0.15) is 12.4 Å². The summed E-state index contributed by atoms with van der Waals surface area (Å²) in [6.45, 7) is 1.47. The van der Waals surface area contributed by atoms with Crippen LogP contribution in [0.25, 0.3) is 0 Å². The van der Waals surface area contributed by atoms with Crippen LogP contribution in [0, 0.1) is 0 Å². The highest BCUT2D eigenvalue weighted by Crippen LogP contribution is 2.12. The molecule has 2 aromatic carbocycles. The molecule has 0 bridgehead atoms. The predicted molar refractivity (Wildman–Crippen MR) is 94.1 cm³/mol. The van der Waals surface area contributed by atoms with Crippen molar-refractivity contribution in [2.75, 3.05) is 18.5 Å². The van der Waals surface area contributed by atoms with Crippen LogP contribution in [0.15, 0.2) is 54.6 Å². The first-order valence-electron chi connectivity index (χ1n) is 7.50. The van der Waals surface area contributed by atoms with Gasteiger partial charge < -0.3 is 14.8 Å². The van der Waals surface area contributed by atoms with E-state index in [-0.39, 0.29) is 6.61 Å². The van der Waals surface area contributed by atoms with Gasteiger partial charge >= 0.3 is 6.09 Å². The first-order valence-corrected chi connectivity index (χ1v) is 8.62. The van der Waals surface area contributed by atoms with E-state index in [0.717, 1.165) is 28.6 Å². The summed E-state index contributed by atoms with van der Waals surface area (Å²) in [7, 11) is 0. The molecule has 0 saturated heterocycles. The van der Waals surface area contributed by atoms with Crippen molar-refractivity contribution in [3.63, 3.8) is 0 Å². The van der Waals surface area contributed by atoms with Crippen molar-refractivity contribution in [3.05, 3.63) is 65.7 Å². The third-order valence-electron chi connectivity index (χ3n) is 3.16. The average Bonchev–Trinajstić information content (AvgIpc) is 2.60. The Balaban J connectivity index is 1.65. The van der Waals surface area contributed by atoms with Gasteiger partial charge in [0.2, 0.25) is 0 Å². The summed E-state index contributed by atoms with van der Waals surface area (Å²) in [5.74, 6) is 0.850. The van der Waals surface area contributed by atoms with Crippen molar-refractivity contribution in [2.24, 2.45) is 0 Å². The Labute approximate surface area is 144 Å². The highest BCUT2D eigenvalue weighted by atomic mass is 79.9. The average molecular weight is 378 g/mol. The van der Waals surface area contributed by atoms with Crippen LogP contribution in [0.2, 0.25) is 0 Å². The maximum absolute atomic E-state index is 11.6. The predicted octanol–water partition coefficient (Wildman–Crippen LogP) is 3.93. The van der Waals surface area contributed by atoms with Crippen molar-refractivity contribution < 1.29 is 14.3 Å². The Bertz CT molecular complexity index is 587. The topological polar surface area (TPSA) is 47.6 Å². The van der Waals surface area contributed by atoms with Crippen LogP contribution < -0.4 is 10.1 Å². The minimum atomic E-state index is -0.397. The van der Waals surface area contributed by atoms with Gasteiger partial charge in [-0.15, -0.1) is 0 Å². The summed E-state index contributed by atoms with van der Waals surface area (Å²) in [6, 6.07) is 17.5. The SMILES string of the molecule is O=C(NCCc1ccc(OCCBr)cc1)OCc1ccccc1. The van der Waals surface area contributed by atoms with Crippen molar-refractivity contribution in [1.29, 1.82) is 0 Å². The number of alkyl carbamates (subject to hydrolysis) is 1. The van der Waals surface area contributed by atoms with E-state index in [1.54, 1.807) is 0 Å². The maximum Gasteiger partial charge on any atom is 0.407 e. The molecule has 1 amide bonds. The summed E-state index contributed by atoms with van der Waals surface area (Å²) in [5.41, 5.74) is 2.11. The van der Waals surface area contributed by atoms with Gasteiger partial charge in [0, 0.05) is 11.9 Å². The van der Waals surface area contributed by atoms with Gasteiger partial charge in [0.25, 0.3) is 0 Å². The number of hydrogen-bond acceptors (Lipinski definition) is 3. The fourth-order valence-electron chi connectivity index (χ4n) is 1.99. The van der Waals surface area contributed by atoms with Gasteiger partial charge in [-0.2, -0.15) is 0 Å². The van der Waals surface area contributed by atoms with E-state index in [1.807, 2.05) is 54.6 Å². The fourth-order valence-corrected chi connectivity index (χ4v) is 2.15. The number of rotatable bonds is 8. The molecule has 2 aromatic rings. The van der Waals surface area contributed by atoms with E-state index in [4.69, 9.17) is 9.47 Å². The molecule has 0 aromatic heterocycles. The van der Waals surface area contributed by atoms with E-state index < -0.39 is 6.09 Å². The maximum atomic E-state index is 11.6. The van der Waals surface area contributed by atoms with Crippen molar-refractivity contribution in [2.45, 2.75) is 13.0 Å². The van der Waals surface area contributed by atoms with Gasteiger partial charge in [0.15, 0.2) is 0 Å². The van der Waals surface area contributed by atoms with Gasteiger partial charge in [-0.25, -0.2) is 4.79 Å². The van der Waals surface area contributed by atoms with Crippen molar-refractivity contribution in [1.82, 2.24) is 5.32 Å². The van der Waals surface area contributed by atoms with Gasteiger partial charge in [-0.3, -0.25) is 0 Å². The Morgan fingerprint density at radius 1 is 1.00 bits per heavy atom. The second-order valence-electron chi connectivity index (χ2n) is 4.92. The van der Waals surface area contributed by atoms with Crippen LogP contribution >= 0.6 is 15.9 Å². The van der Waals surface area contributed by atoms with Crippen molar-refractivity contribution in [3.8, 4) is 5.75 Å². The molecule has 4 nitrogen and oxygen atoms in total. The lowest BCUT2D eigenvalue weighted by atomic mass is 10.1. The van der Waals surface area contributed by atoms with E-state index >= 15 is 0 Å². The lowest BCUT2D eigenvalue weighted by Gasteiger charge is -2.08. The number of nitrogens with one attached hydrogen (secondary N) is 1. The second kappa shape index (κ2) is 9.90. The number of alkyl halides is 1. The van der Waals surface area contributed by atoms with Crippen molar-refractivity contribution >= 4 is 22.0 Å². The first kappa shape index (κ1) is 17.3. The van der Waals surface area contributed by atoms with Gasteiger partial charge in [-0.1, -0.05) is 58.4 Å². The van der Waals surface area contributed by atoms with Gasteiger partial charge in [-0.05, 0) is 29.7 Å². The van der Waals surface area contributed by atoms with Crippen LogP contribution in [0.1, 0.15) is 11.1 Å². The molecule has 23 heavy (non-hydrogen) atoms. The molecule has 5 heteroatoms. The Hall–Kier alpha value is -2.01. The highest BCUT2D eigenvalue weighted by molar-refractivity contribution is 9.09. The molecule has 0 saturated carbocycles. The number of carbonyl (C=O) groups is 1. The first-order chi connectivity index (χ1) is 11.3.